The predicted octanol–water partition coefficient (Wildman–Crippen LogP) is 2.00. The number of carbonyl (C=O) groups excluding carboxylic acids is 1. The molecule has 6 heteroatoms. The van der Waals surface area contributed by atoms with Crippen molar-refractivity contribution in [2.24, 2.45) is 5.92 Å². The minimum atomic E-state index is 0.0794. The van der Waals surface area contributed by atoms with E-state index < -0.39 is 0 Å². The third-order valence-corrected chi connectivity index (χ3v) is 4.81. The molecule has 4 rings (SSSR count). The van der Waals surface area contributed by atoms with Gasteiger partial charge in [-0.05, 0) is 30.7 Å². The summed E-state index contributed by atoms with van der Waals surface area (Å²) < 4.78 is 5.41. The highest BCUT2D eigenvalue weighted by atomic mass is 16.3. The van der Waals surface area contributed by atoms with Crippen LogP contribution in [-0.2, 0) is 4.79 Å². The molecule has 2 aromatic heterocycles. The lowest BCUT2D eigenvalue weighted by Gasteiger charge is -2.35. The molecule has 2 fully saturated rings. The number of amides is 1. The fraction of sp³-hybridized carbons (Fsp3) is 0.389. The Balaban J connectivity index is 1.33. The Labute approximate surface area is 140 Å². The van der Waals surface area contributed by atoms with Crippen molar-refractivity contribution >= 4 is 11.7 Å². The van der Waals surface area contributed by atoms with Crippen molar-refractivity contribution in [3.63, 3.8) is 0 Å². The molecule has 1 saturated heterocycles. The molecule has 1 amide bonds. The maximum Gasteiger partial charge on any atom is 0.226 e. The summed E-state index contributed by atoms with van der Waals surface area (Å²) in [5.74, 6) is 2.36. The third-order valence-electron chi connectivity index (χ3n) is 4.81. The molecule has 2 aromatic rings. The van der Waals surface area contributed by atoms with Crippen LogP contribution in [0.25, 0.3) is 0 Å². The van der Waals surface area contributed by atoms with Crippen molar-refractivity contribution in [1.82, 2.24) is 9.88 Å². The van der Waals surface area contributed by atoms with Gasteiger partial charge < -0.3 is 14.2 Å². The van der Waals surface area contributed by atoms with Crippen molar-refractivity contribution in [2.45, 2.75) is 12.3 Å². The first kappa shape index (κ1) is 14.8. The van der Waals surface area contributed by atoms with Crippen LogP contribution in [0.5, 0.6) is 0 Å². The van der Waals surface area contributed by atoms with Crippen LogP contribution in [0.15, 0.2) is 41.1 Å². The third kappa shape index (κ3) is 2.73. The van der Waals surface area contributed by atoms with Crippen LogP contribution in [-0.4, -0.2) is 42.0 Å². The van der Waals surface area contributed by atoms with E-state index in [9.17, 15) is 4.79 Å². The second kappa shape index (κ2) is 6.00. The predicted molar refractivity (Wildman–Crippen MR) is 87.3 cm³/mol. The first-order valence-electron chi connectivity index (χ1n) is 8.19. The summed E-state index contributed by atoms with van der Waals surface area (Å²) in [6, 6.07) is 9.54. The zero-order valence-corrected chi connectivity index (χ0v) is 13.3. The van der Waals surface area contributed by atoms with E-state index in [1.807, 2.05) is 23.1 Å². The average Bonchev–Trinajstić information content (AvgIpc) is 3.26. The van der Waals surface area contributed by atoms with Crippen molar-refractivity contribution in [3.05, 3.63) is 48.0 Å². The summed E-state index contributed by atoms with van der Waals surface area (Å²) in [4.78, 5) is 21.0. The number of hydrogen-bond acceptors (Lipinski definition) is 5. The molecular formula is C18H18N4O2. The number of aromatic nitrogens is 1. The highest BCUT2D eigenvalue weighted by molar-refractivity contribution is 5.83. The molecule has 122 valence electrons. The normalized spacial score (nSPS) is 23.0. The number of nitriles is 1. The molecule has 1 saturated carbocycles. The topological polar surface area (TPSA) is 73.4 Å². The Bertz CT molecular complexity index is 755. The number of piperazine rings is 1. The second-order valence-corrected chi connectivity index (χ2v) is 6.29. The van der Waals surface area contributed by atoms with Crippen LogP contribution >= 0.6 is 0 Å². The number of furan rings is 1. The summed E-state index contributed by atoms with van der Waals surface area (Å²) >= 11 is 0. The summed E-state index contributed by atoms with van der Waals surface area (Å²) in [5.41, 5.74) is 0.560. The number of pyridine rings is 1. The van der Waals surface area contributed by atoms with E-state index in [1.165, 1.54) is 0 Å². The first-order valence-corrected chi connectivity index (χ1v) is 8.19. The molecule has 2 unspecified atom stereocenters. The van der Waals surface area contributed by atoms with Crippen LogP contribution in [0.1, 0.15) is 23.7 Å². The molecule has 0 spiro atoms. The lowest BCUT2D eigenvalue weighted by molar-refractivity contribution is -0.133. The molecule has 24 heavy (non-hydrogen) atoms. The molecule has 1 aliphatic heterocycles. The van der Waals surface area contributed by atoms with Crippen LogP contribution in [0.3, 0.4) is 0 Å². The quantitative estimate of drug-likeness (QED) is 0.864. The molecule has 2 aliphatic rings. The molecule has 0 bridgehead atoms. The molecule has 0 aromatic carbocycles. The van der Waals surface area contributed by atoms with Gasteiger partial charge >= 0.3 is 0 Å². The van der Waals surface area contributed by atoms with Gasteiger partial charge in [0.25, 0.3) is 0 Å². The van der Waals surface area contributed by atoms with Gasteiger partial charge in [0.2, 0.25) is 5.91 Å². The van der Waals surface area contributed by atoms with Gasteiger partial charge in [0.15, 0.2) is 0 Å². The van der Waals surface area contributed by atoms with Gasteiger partial charge in [0.1, 0.15) is 17.6 Å². The molecule has 0 N–H and O–H groups in total. The number of nitrogens with zero attached hydrogens (tertiary/aromatic N) is 4. The Morgan fingerprint density at radius 1 is 1.25 bits per heavy atom. The van der Waals surface area contributed by atoms with Gasteiger partial charge in [-0.25, -0.2) is 4.98 Å². The molecule has 6 nitrogen and oxygen atoms in total. The summed E-state index contributed by atoms with van der Waals surface area (Å²) in [5, 5.41) is 8.83. The zero-order valence-electron chi connectivity index (χ0n) is 13.3. The lowest BCUT2D eigenvalue weighted by atomic mass is 10.2. The molecule has 3 heterocycles. The van der Waals surface area contributed by atoms with Gasteiger partial charge in [-0.3, -0.25) is 4.79 Å². The number of rotatable bonds is 3. The Morgan fingerprint density at radius 3 is 2.71 bits per heavy atom. The monoisotopic (exact) mass is 322 g/mol. The van der Waals surface area contributed by atoms with Crippen LogP contribution in [0, 0.1) is 17.2 Å². The van der Waals surface area contributed by atoms with Gasteiger partial charge in [-0.1, -0.05) is 0 Å². The SMILES string of the molecule is N#Cc1ccc(N2CCN(C(=O)C3CC3c3ccco3)CC2)nc1. The van der Waals surface area contributed by atoms with Crippen LogP contribution in [0.4, 0.5) is 5.82 Å². The summed E-state index contributed by atoms with van der Waals surface area (Å²) in [6.45, 7) is 2.95. The maximum atomic E-state index is 12.6. The van der Waals surface area contributed by atoms with Gasteiger partial charge in [-0.2, -0.15) is 5.26 Å². The summed E-state index contributed by atoms with van der Waals surface area (Å²) in [7, 11) is 0. The smallest absolute Gasteiger partial charge is 0.226 e. The Kier molecular flexibility index (Phi) is 3.69. The first-order chi connectivity index (χ1) is 11.8. The fourth-order valence-electron chi connectivity index (χ4n) is 3.31. The van der Waals surface area contributed by atoms with Crippen molar-refractivity contribution < 1.29 is 9.21 Å². The largest absolute Gasteiger partial charge is 0.469 e. The van der Waals surface area contributed by atoms with Crippen LogP contribution < -0.4 is 4.90 Å². The van der Waals surface area contributed by atoms with Crippen molar-refractivity contribution in [1.29, 1.82) is 5.26 Å². The molecule has 1 aliphatic carbocycles. The zero-order chi connectivity index (χ0) is 16.5. The second-order valence-electron chi connectivity index (χ2n) is 6.29. The number of carbonyl (C=O) groups is 1. The van der Waals surface area contributed by atoms with E-state index in [0.717, 1.165) is 31.1 Å². The minimum Gasteiger partial charge on any atom is -0.469 e. The van der Waals surface area contributed by atoms with Gasteiger partial charge in [0, 0.05) is 44.2 Å². The standard InChI is InChI=1S/C18H18N4O2/c19-11-13-3-4-17(20-12-13)21-5-7-22(8-6-21)18(23)15-10-14(15)16-2-1-9-24-16/h1-4,9,12,14-15H,5-8,10H2. The van der Waals surface area contributed by atoms with E-state index in [-0.39, 0.29) is 17.7 Å². The van der Waals surface area contributed by atoms with Gasteiger partial charge in [-0.15, -0.1) is 0 Å². The number of anilines is 1. The van der Waals surface area contributed by atoms with Crippen molar-refractivity contribution in [2.75, 3.05) is 31.1 Å². The summed E-state index contributed by atoms with van der Waals surface area (Å²) in [6.07, 6.45) is 4.15. The minimum absolute atomic E-state index is 0.0794. The molecular weight excluding hydrogens is 304 g/mol. The fourth-order valence-corrected chi connectivity index (χ4v) is 3.31. The average molecular weight is 322 g/mol. The molecule has 0 radical (unpaired) electrons. The Hall–Kier alpha value is -2.81. The maximum absolute atomic E-state index is 12.6. The van der Waals surface area contributed by atoms with E-state index in [4.69, 9.17) is 9.68 Å². The van der Waals surface area contributed by atoms with Crippen LogP contribution in [0.2, 0.25) is 0 Å². The number of hydrogen-bond donors (Lipinski definition) is 0. The van der Waals surface area contributed by atoms with E-state index >= 15 is 0 Å². The Morgan fingerprint density at radius 2 is 2.08 bits per heavy atom. The van der Waals surface area contributed by atoms with Crippen molar-refractivity contribution in [3.8, 4) is 6.07 Å². The van der Waals surface area contributed by atoms with E-state index in [1.54, 1.807) is 18.5 Å². The molecule has 2 atom stereocenters. The van der Waals surface area contributed by atoms with Gasteiger partial charge in [0.05, 0.1) is 11.8 Å². The lowest BCUT2D eigenvalue weighted by Crippen LogP contribution is -2.49. The van der Waals surface area contributed by atoms with E-state index in [0.29, 0.717) is 18.7 Å². The highest BCUT2D eigenvalue weighted by Crippen LogP contribution is 2.48. The van der Waals surface area contributed by atoms with E-state index in [2.05, 4.69) is 16.0 Å². The highest BCUT2D eigenvalue weighted by Gasteiger charge is 2.47.